The van der Waals surface area contributed by atoms with E-state index in [-0.39, 0.29) is 12.5 Å². The molecular formula is C10H11ClN2OS. The van der Waals surface area contributed by atoms with Crippen LogP contribution >= 0.6 is 23.4 Å². The van der Waals surface area contributed by atoms with Gasteiger partial charge in [0.15, 0.2) is 0 Å². The number of nitriles is 1. The van der Waals surface area contributed by atoms with Crippen LogP contribution in [-0.4, -0.2) is 22.5 Å². The van der Waals surface area contributed by atoms with Crippen molar-refractivity contribution in [2.75, 3.05) is 12.4 Å². The van der Waals surface area contributed by atoms with Gasteiger partial charge in [-0.25, -0.2) is 4.98 Å². The van der Waals surface area contributed by atoms with Crippen molar-refractivity contribution in [1.29, 1.82) is 5.26 Å². The van der Waals surface area contributed by atoms with Crippen LogP contribution in [0.25, 0.3) is 0 Å². The lowest BCUT2D eigenvalue weighted by Crippen LogP contribution is -2.03. The number of hydrogen-bond donors (Lipinski definition) is 1. The molecule has 0 bridgehead atoms. The third kappa shape index (κ3) is 4.08. The number of nitrogens with zero attached hydrogens (tertiary/aromatic N) is 2. The molecule has 0 aliphatic carbocycles. The second-order valence-corrected chi connectivity index (χ2v) is 4.65. The van der Waals surface area contributed by atoms with Crippen LogP contribution in [0.1, 0.15) is 12.5 Å². The van der Waals surface area contributed by atoms with Crippen molar-refractivity contribution in [3.8, 4) is 6.07 Å². The summed E-state index contributed by atoms with van der Waals surface area (Å²) in [4.78, 5) is 4.08. The van der Waals surface area contributed by atoms with Crippen molar-refractivity contribution in [2.24, 2.45) is 5.92 Å². The van der Waals surface area contributed by atoms with E-state index in [0.717, 1.165) is 10.8 Å². The second kappa shape index (κ2) is 5.96. The number of thioether (sulfide) groups is 1. The Balaban J connectivity index is 2.69. The van der Waals surface area contributed by atoms with Crippen molar-refractivity contribution in [1.82, 2.24) is 4.98 Å². The smallest absolute Gasteiger partial charge is 0.131 e. The Morgan fingerprint density at radius 2 is 2.40 bits per heavy atom. The third-order valence-corrected chi connectivity index (χ3v) is 3.16. The minimum Gasteiger partial charge on any atom is -0.396 e. The summed E-state index contributed by atoms with van der Waals surface area (Å²) in [7, 11) is 0. The van der Waals surface area contributed by atoms with E-state index in [1.165, 1.54) is 17.8 Å². The van der Waals surface area contributed by atoms with Gasteiger partial charge in [0.1, 0.15) is 5.15 Å². The molecule has 1 unspecified atom stereocenters. The first-order valence-electron chi connectivity index (χ1n) is 4.47. The first-order valence-corrected chi connectivity index (χ1v) is 5.83. The van der Waals surface area contributed by atoms with E-state index in [1.807, 2.05) is 13.0 Å². The van der Waals surface area contributed by atoms with E-state index < -0.39 is 0 Å². The highest BCUT2D eigenvalue weighted by Gasteiger charge is 2.05. The van der Waals surface area contributed by atoms with Crippen molar-refractivity contribution in [3.63, 3.8) is 0 Å². The highest BCUT2D eigenvalue weighted by molar-refractivity contribution is 7.99. The standard InChI is InChI=1S/C10H11ClN2OS/c1-7(5-14)6-15-10-3-8(4-12)2-9(11)13-10/h2-3,7,14H,5-6H2,1H3. The molecule has 0 aromatic carbocycles. The summed E-state index contributed by atoms with van der Waals surface area (Å²) in [6.45, 7) is 2.10. The fourth-order valence-corrected chi connectivity index (χ4v) is 2.08. The highest BCUT2D eigenvalue weighted by atomic mass is 35.5. The summed E-state index contributed by atoms with van der Waals surface area (Å²) < 4.78 is 0. The number of aliphatic hydroxyl groups is 1. The SMILES string of the molecule is CC(CO)CSc1cc(C#N)cc(Cl)n1. The van der Waals surface area contributed by atoms with Crippen molar-refractivity contribution >= 4 is 23.4 Å². The first kappa shape index (κ1) is 12.3. The molecule has 1 rings (SSSR count). The summed E-state index contributed by atoms with van der Waals surface area (Å²) in [6, 6.07) is 5.25. The number of rotatable bonds is 4. The Labute approximate surface area is 98.1 Å². The van der Waals surface area contributed by atoms with Gasteiger partial charge in [0.2, 0.25) is 0 Å². The van der Waals surface area contributed by atoms with Gasteiger partial charge in [-0.3, -0.25) is 0 Å². The largest absolute Gasteiger partial charge is 0.396 e. The summed E-state index contributed by atoms with van der Waals surface area (Å²) in [5.74, 6) is 0.968. The van der Waals surface area contributed by atoms with Crippen LogP contribution in [0.5, 0.6) is 0 Å². The molecule has 80 valence electrons. The maximum Gasteiger partial charge on any atom is 0.131 e. The normalized spacial score (nSPS) is 12.1. The first-order chi connectivity index (χ1) is 7.15. The predicted octanol–water partition coefficient (Wildman–Crippen LogP) is 2.33. The molecule has 1 aromatic heterocycles. The molecule has 0 aliphatic rings. The molecule has 0 spiro atoms. The Bertz CT molecular complexity index is 378. The van der Waals surface area contributed by atoms with Crippen LogP contribution in [0.2, 0.25) is 5.15 Å². The van der Waals surface area contributed by atoms with Gasteiger partial charge in [-0.2, -0.15) is 5.26 Å². The lowest BCUT2D eigenvalue weighted by Gasteiger charge is -2.06. The summed E-state index contributed by atoms with van der Waals surface area (Å²) >= 11 is 7.24. The molecule has 15 heavy (non-hydrogen) atoms. The van der Waals surface area contributed by atoms with Crippen molar-refractivity contribution < 1.29 is 5.11 Å². The topological polar surface area (TPSA) is 56.9 Å². The van der Waals surface area contributed by atoms with Gasteiger partial charge in [0.05, 0.1) is 16.7 Å². The van der Waals surface area contributed by atoms with Crippen molar-refractivity contribution in [3.05, 3.63) is 22.8 Å². The molecule has 0 saturated heterocycles. The molecule has 5 heteroatoms. The van der Waals surface area contributed by atoms with E-state index in [9.17, 15) is 0 Å². The molecule has 0 saturated carbocycles. The van der Waals surface area contributed by atoms with Gasteiger partial charge in [0.25, 0.3) is 0 Å². The van der Waals surface area contributed by atoms with E-state index in [2.05, 4.69) is 4.98 Å². The minimum absolute atomic E-state index is 0.151. The molecule has 1 aromatic rings. The van der Waals surface area contributed by atoms with Gasteiger partial charge >= 0.3 is 0 Å². The molecular weight excluding hydrogens is 232 g/mol. The predicted molar refractivity (Wildman–Crippen MR) is 60.9 cm³/mol. The summed E-state index contributed by atoms with van der Waals surface area (Å²) in [5.41, 5.74) is 0.508. The molecule has 3 nitrogen and oxygen atoms in total. The molecule has 0 amide bonds. The zero-order valence-electron chi connectivity index (χ0n) is 8.27. The summed E-state index contributed by atoms with van der Waals surface area (Å²) in [6.07, 6.45) is 0. The molecule has 0 fully saturated rings. The number of hydrogen-bond acceptors (Lipinski definition) is 4. The van der Waals surface area contributed by atoms with Gasteiger partial charge in [-0.05, 0) is 18.1 Å². The average Bonchev–Trinajstić information content (AvgIpc) is 2.25. The van der Waals surface area contributed by atoms with E-state index in [1.54, 1.807) is 6.07 Å². The summed E-state index contributed by atoms with van der Waals surface area (Å²) in [5, 5.41) is 18.6. The maximum atomic E-state index is 8.86. The average molecular weight is 243 g/mol. The number of aliphatic hydroxyl groups excluding tert-OH is 1. The van der Waals surface area contributed by atoms with Gasteiger partial charge in [0, 0.05) is 12.4 Å². The van der Waals surface area contributed by atoms with Crippen LogP contribution in [-0.2, 0) is 0 Å². The molecule has 1 atom stereocenters. The molecule has 0 radical (unpaired) electrons. The van der Waals surface area contributed by atoms with Gasteiger partial charge in [-0.1, -0.05) is 18.5 Å². The van der Waals surface area contributed by atoms with Crippen LogP contribution in [0.4, 0.5) is 0 Å². The second-order valence-electron chi connectivity index (χ2n) is 3.23. The van der Waals surface area contributed by atoms with Crippen LogP contribution in [0.15, 0.2) is 17.2 Å². The number of halogens is 1. The van der Waals surface area contributed by atoms with Gasteiger partial charge < -0.3 is 5.11 Å². The fraction of sp³-hybridized carbons (Fsp3) is 0.400. The maximum absolute atomic E-state index is 8.86. The van der Waals surface area contributed by atoms with E-state index in [4.69, 9.17) is 22.0 Å². The zero-order chi connectivity index (χ0) is 11.3. The molecule has 1 N–H and O–H groups in total. The lowest BCUT2D eigenvalue weighted by molar-refractivity contribution is 0.250. The van der Waals surface area contributed by atoms with Crippen molar-refractivity contribution in [2.45, 2.75) is 11.9 Å². The zero-order valence-corrected chi connectivity index (χ0v) is 9.85. The Morgan fingerprint density at radius 1 is 1.67 bits per heavy atom. The Kier molecular flexibility index (Phi) is 4.89. The Hall–Kier alpha value is -0.760. The van der Waals surface area contributed by atoms with Gasteiger partial charge in [-0.15, -0.1) is 11.8 Å². The molecule has 0 aliphatic heterocycles. The number of pyridine rings is 1. The minimum atomic E-state index is 0.151. The van der Waals surface area contributed by atoms with E-state index in [0.29, 0.717) is 10.7 Å². The highest BCUT2D eigenvalue weighted by Crippen LogP contribution is 2.21. The third-order valence-electron chi connectivity index (χ3n) is 1.73. The van der Waals surface area contributed by atoms with Crippen LogP contribution in [0.3, 0.4) is 0 Å². The Morgan fingerprint density at radius 3 is 3.00 bits per heavy atom. The fourth-order valence-electron chi connectivity index (χ4n) is 0.892. The van der Waals surface area contributed by atoms with Crippen LogP contribution < -0.4 is 0 Å². The lowest BCUT2D eigenvalue weighted by atomic mass is 10.2. The van der Waals surface area contributed by atoms with E-state index >= 15 is 0 Å². The number of aromatic nitrogens is 1. The van der Waals surface area contributed by atoms with Crippen LogP contribution in [0, 0.1) is 17.2 Å². The quantitative estimate of drug-likeness (QED) is 0.650. The monoisotopic (exact) mass is 242 g/mol. The molecule has 1 heterocycles.